The number of hydrogen-bond donors (Lipinski definition) is 1. The normalized spacial score (nSPS) is 21.7. The summed E-state index contributed by atoms with van der Waals surface area (Å²) in [5, 5.41) is 5.77. The van der Waals surface area contributed by atoms with Crippen molar-refractivity contribution in [1.82, 2.24) is 10.2 Å². The molecule has 2 aromatic carbocycles. The van der Waals surface area contributed by atoms with Gasteiger partial charge in [-0.05, 0) is 55.0 Å². The fraction of sp³-hybridized carbons (Fsp3) is 0.450. The van der Waals surface area contributed by atoms with Crippen LogP contribution in [-0.4, -0.2) is 36.0 Å². The molecule has 1 aliphatic heterocycles. The topological polar surface area (TPSA) is 32.3 Å². The number of carbonyl (C=O) groups excluding carboxylic acids is 1. The van der Waals surface area contributed by atoms with Crippen molar-refractivity contribution in [2.24, 2.45) is 0 Å². The Kier molecular flexibility index (Phi) is 4.04. The first-order chi connectivity index (χ1) is 11.3. The molecule has 0 radical (unpaired) electrons. The molecule has 1 N–H and O–H groups in total. The number of rotatable bonds is 5. The third-order valence-corrected chi connectivity index (χ3v) is 5.12. The maximum atomic E-state index is 12.1. The van der Waals surface area contributed by atoms with Gasteiger partial charge in [0.2, 0.25) is 5.91 Å². The highest BCUT2D eigenvalue weighted by Crippen LogP contribution is 2.26. The Balaban J connectivity index is 1.46. The Labute approximate surface area is 137 Å². The average molecular weight is 308 g/mol. The zero-order valence-corrected chi connectivity index (χ0v) is 13.5. The molecule has 1 saturated carbocycles. The maximum Gasteiger partial charge on any atom is 0.234 e. The van der Waals surface area contributed by atoms with Crippen LogP contribution in [0.3, 0.4) is 0 Å². The molecular formula is C20H24N2O. The summed E-state index contributed by atoms with van der Waals surface area (Å²) >= 11 is 0. The van der Waals surface area contributed by atoms with Crippen LogP contribution >= 0.6 is 0 Å². The summed E-state index contributed by atoms with van der Waals surface area (Å²) in [6, 6.07) is 16.1. The van der Waals surface area contributed by atoms with Crippen molar-refractivity contribution in [2.45, 2.75) is 44.2 Å². The van der Waals surface area contributed by atoms with Gasteiger partial charge >= 0.3 is 0 Å². The second-order valence-corrected chi connectivity index (χ2v) is 6.95. The van der Waals surface area contributed by atoms with Gasteiger partial charge in [0.25, 0.3) is 0 Å². The summed E-state index contributed by atoms with van der Waals surface area (Å²) in [6.45, 7) is 1.61. The van der Waals surface area contributed by atoms with Gasteiger partial charge in [-0.15, -0.1) is 0 Å². The van der Waals surface area contributed by atoms with Crippen LogP contribution in [0.1, 0.15) is 31.2 Å². The van der Waals surface area contributed by atoms with E-state index < -0.39 is 0 Å². The van der Waals surface area contributed by atoms with Gasteiger partial charge in [-0.3, -0.25) is 9.69 Å². The highest BCUT2D eigenvalue weighted by atomic mass is 16.2. The monoisotopic (exact) mass is 308 g/mol. The maximum absolute atomic E-state index is 12.1. The Hall–Kier alpha value is -1.87. The Morgan fingerprint density at radius 3 is 2.78 bits per heavy atom. The molecular weight excluding hydrogens is 284 g/mol. The van der Waals surface area contributed by atoms with E-state index in [1.54, 1.807) is 0 Å². The predicted molar refractivity (Wildman–Crippen MR) is 93.4 cm³/mol. The Morgan fingerprint density at radius 1 is 1.09 bits per heavy atom. The molecule has 2 fully saturated rings. The molecule has 2 aromatic rings. The Bertz CT molecular complexity index is 702. The molecule has 120 valence electrons. The third-order valence-electron chi connectivity index (χ3n) is 5.12. The minimum Gasteiger partial charge on any atom is -0.352 e. The largest absolute Gasteiger partial charge is 0.352 e. The lowest BCUT2D eigenvalue weighted by atomic mass is 9.98. The lowest BCUT2D eigenvalue weighted by molar-refractivity contribution is -0.122. The third kappa shape index (κ3) is 3.40. The number of hydrogen-bond acceptors (Lipinski definition) is 2. The van der Waals surface area contributed by atoms with Crippen LogP contribution in [0.2, 0.25) is 0 Å². The van der Waals surface area contributed by atoms with E-state index in [2.05, 4.69) is 52.7 Å². The molecule has 1 aliphatic carbocycles. The van der Waals surface area contributed by atoms with Crippen molar-refractivity contribution < 1.29 is 4.79 Å². The smallest absolute Gasteiger partial charge is 0.234 e. The number of nitrogens with zero attached hydrogens (tertiary/aromatic N) is 1. The van der Waals surface area contributed by atoms with Crippen LogP contribution < -0.4 is 5.32 Å². The predicted octanol–water partition coefficient (Wildman–Crippen LogP) is 3.13. The van der Waals surface area contributed by atoms with Gasteiger partial charge in [0.15, 0.2) is 0 Å². The average Bonchev–Trinajstić information content (AvgIpc) is 3.27. The van der Waals surface area contributed by atoms with Crippen molar-refractivity contribution in [3.8, 4) is 0 Å². The van der Waals surface area contributed by atoms with Crippen LogP contribution in [0.4, 0.5) is 0 Å². The molecule has 0 spiro atoms. The quantitative estimate of drug-likeness (QED) is 0.920. The minimum absolute atomic E-state index is 0.206. The number of nitrogens with one attached hydrogen (secondary N) is 1. The summed E-state index contributed by atoms with van der Waals surface area (Å²) in [7, 11) is 0. The van der Waals surface area contributed by atoms with Crippen LogP contribution in [-0.2, 0) is 11.2 Å². The molecule has 1 saturated heterocycles. The molecule has 3 heteroatoms. The van der Waals surface area contributed by atoms with E-state index in [0.717, 1.165) is 25.8 Å². The van der Waals surface area contributed by atoms with E-state index in [0.29, 0.717) is 18.6 Å². The summed E-state index contributed by atoms with van der Waals surface area (Å²) in [4.78, 5) is 14.5. The number of carbonyl (C=O) groups is 1. The molecule has 0 aromatic heterocycles. The summed E-state index contributed by atoms with van der Waals surface area (Å²) in [5.41, 5.74) is 1.41. The lowest BCUT2D eigenvalue weighted by Crippen LogP contribution is -2.41. The van der Waals surface area contributed by atoms with E-state index in [1.807, 2.05) is 0 Å². The van der Waals surface area contributed by atoms with Crippen molar-refractivity contribution in [1.29, 1.82) is 0 Å². The number of fused-ring (bicyclic) bond motifs is 1. The van der Waals surface area contributed by atoms with Crippen LogP contribution in [0, 0.1) is 0 Å². The van der Waals surface area contributed by atoms with Gasteiger partial charge < -0.3 is 5.32 Å². The van der Waals surface area contributed by atoms with Crippen molar-refractivity contribution in [2.75, 3.05) is 13.1 Å². The van der Waals surface area contributed by atoms with E-state index in [9.17, 15) is 4.79 Å². The lowest BCUT2D eigenvalue weighted by Gasteiger charge is -2.24. The highest BCUT2D eigenvalue weighted by Gasteiger charge is 2.29. The zero-order chi connectivity index (χ0) is 15.6. The molecule has 4 rings (SSSR count). The first kappa shape index (κ1) is 14.7. The molecule has 2 aliphatic rings. The van der Waals surface area contributed by atoms with Gasteiger partial charge in [-0.2, -0.15) is 0 Å². The molecule has 1 atom stereocenters. The SMILES string of the molecule is O=C(CN1CCC[C@@H]1Cc1cccc2ccccc12)NC1CC1. The van der Waals surface area contributed by atoms with Crippen LogP contribution in [0.25, 0.3) is 10.8 Å². The van der Waals surface area contributed by atoms with Gasteiger partial charge in [0.1, 0.15) is 0 Å². The fourth-order valence-electron chi connectivity index (χ4n) is 3.74. The van der Waals surface area contributed by atoms with Crippen molar-refractivity contribution in [3.05, 3.63) is 48.0 Å². The number of benzene rings is 2. The van der Waals surface area contributed by atoms with Crippen molar-refractivity contribution >= 4 is 16.7 Å². The van der Waals surface area contributed by atoms with E-state index in [-0.39, 0.29) is 5.91 Å². The molecule has 0 bridgehead atoms. The summed E-state index contributed by atoms with van der Waals surface area (Å²) < 4.78 is 0. The number of likely N-dealkylation sites (tertiary alicyclic amines) is 1. The highest BCUT2D eigenvalue weighted by molar-refractivity contribution is 5.85. The first-order valence-electron chi connectivity index (χ1n) is 8.79. The fourth-order valence-corrected chi connectivity index (χ4v) is 3.74. The second-order valence-electron chi connectivity index (χ2n) is 6.95. The molecule has 23 heavy (non-hydrogen) atoms. The van der Waals surface area contributed by atoms with E-state index in [1.165, 1.54) is 29.2 Å². The molecule has 1 amide bonds. The van der Waals surface area contributed by atoms with E-state index in [4.69, 9.17) is 0 Å². The van der Waals surface area contributed by atoms with Gasteiger partial charge in [-0.1, -0.05) is 42.5 Å². The Morgan fingerprint density at radius 2 is 1.91 bits per heavy atom. The van der Waals surface area contributed by atoms with Gasteiger partial charge in [-0.25, -0.2) is 0 Å². The first-order valence-corrected chi connectivity index (χ1v) is 8.79. The molecule has 0 unspecified atom stereocenters. The van der Waals surface area contributed by atoms with Crippen LogP contribution in [0.5, 0.6) is 0 Å². The summed E-state index contributed by atoms with van der Waals surface area (Å²) in [5.74, 6) is 0.206. The molecule has 3 nitrogen and oxygen atoms in total. The number of amides is 1. The zero-order valence-electron chi connectivity index (χ0n) is 13.5. The van der Waals surface area contributed by atoms with E-state index >= 15 is 0 Å². The van der Waals surface area contributed by atoms with Gasteiger partial charge in [0.05, 0.1) is 6.54 Å². The minimum atomic E-state index is 0.206. The summed E-state index contributed by atoms with van der Waals surface area (Å²) in [6.07, 6.45) is 5.75. The standard InChI is InChI=1S/C20H24N2O/c23-20(21-17-10-11-17)14-22-12-4-8-18(22)13-16-7-3-6-15-5-1-2-9-19(15)16/h1-3,5-7,9,17-18H,4,8,10-14H2,(H,21,23)/t18-/m1/s1. The van der Waals surface area contributed by atoms with Gasteiger partial charge in [0, 0.05) is 12.1 Å². The van der Waals surface area contributed by atoms with Crippen LogP contribution in [0.15, 0.2) is 42.5 Å². The molecule has 1 heterocycles. The van der Waals surface area contributed by atoms with Crippen molar-refractivity contribution in [3.63, 3.8) is 0 Å². The second kappa shape index (κ2) is 6.32.